The number of alkyl halides is 3. The van der Waals surface area contributed by atoms with Gasteiger partial charge in [-0.3, -0.25) is 4.79 Å². The van der Waals surface area contributed by atoms with Gasteiger partial charge in [-0.2, -0.15) is 0 Å². The lowest BCUT2D eigenvalue weighted by Gasteiger charge is -2.34. The molecule has 0 bridgehead atoms. The number of methoxy groups -OCH3 is 1. The van der Waals surface area contributed by atoms with Crippen molar-refractivity contribution in [2.75, 3.05) is 33.4 Å². The molecule has 1 fully saturated rings. The third kappa shape index (κ3) is 6.63. The molecule has 144 valence electrons. The largest absolute Gasteiger partial charge is 0.497 e. The maximum atomic E-state index is 12.3. The number of benzene rings is 1. The summed E-state index contributed by atoms with van der Waals surface area (Å²) in [6.07, 6.45) is -0.832. The smallest absolute Gasteiger partial charge is 0.228 e. The Morgan fingerprint density at radius 2 is 1.88 bits per heavy atom. The van der Waals surface area contributed by atoms with Gasteiger partial charge in [0, 0.05) is 13.1 Å². The Labute approximate surface area is 173 Å². The van der Waals surface area contributed by atoms with Crippen LogP contribution in [-0.4, -0.2) is 59.3 Å². The lowest BCUT2D eigenvalue weighted by molar-refractivity contribution is -0.121. The van der Waals surface area contributed by atoms with Crippen molar-refractivity contribution in [3.05, 3.63) is 29.8 Å². The third-order valence-corrected chi connectivity index (χ3v) is 4.75. The summed E-state index contributed by atoms with van der Waals surface area (Å²) in [6.45, 7) is 2.42. The van der Waals surface area contributed by atoms with Gasteiger partial charge in [0.15, 0.2) is 5.11 Å². The molecule has 26 heavy (non-hydrogen) atoms. The highest BCUT2D eigenvalue weighted by Crippen LogP contribution is 2.29. The first-order valence-electron chi connectivity index (χ1n) is 7.92. The number of morpholine rings is 1. The molecule has 1 atom stereocenters. The second-order valence-corrected chi connectivity index (χ2v) is 8.37. The van der Waals surface area contributed by atoms with Crippen LogP contribution in [0.4, 0.5) is 0 Å². The van der Waals surface area contributed by atoms with Gasteiger partial charge in [-0.15, -0.1) is 0 Å². The summed E-state index contributed by atoms with van der Waals surface area (Å²) in [5, 5.41) is 5.99. The monoisotopic (exact) mass is 439 g/mol. The molecule has 10 heteroatoms. The van der Waals surface area contributed by atoms with Gasteiger partial charge in [-0.05, 0) is 29.9 Å². The number of ether oxygens (including phenoxy) is 2. The fourth-order valence-electron chi connectivity index (χ4n) is 2.32. The topological polar surface area (TPSA) is 62.8 Å². The first kappa shape index (κ1) is 21.3. The zero-order valence-electron chi connectivity index (χ0n) is 14.1. The minimum absolute atomic E-state index is 0.132. The van der Waals surface area contributed by atoms with E-state index in [0.29, 0.717) is 37.2 Å². The molecule has 0 aliphatic carbocycles. The van der Waals surface area contributed by atoms with Gasteiger partial charge in [0.1, 0.15) is 11.9 Å². The number of nitrogens with zero attached hydrogens (tertiary/aromatic N) is 1. The lowest BCUT2D eigenvalue weighted by atomic mass is 10.1. The van der Waals surface area contributed by atoms with E-state index in [9.17, 15) is 4.79 Å². The number of amides is 1. The molecule has 1 unspecified atom stereocenters. The van der Waals surface area contributed by atoms with Gasteiger partial charge >= 0.3 is 0 Å². The molecule has 0 aromatic heterocycles. The normalized spacial score (nSPS) is 15.9. The van der Waals surface area contributed by atoms with Gasteiger partial charge in [0.2, 0.25) is 9.70 Å². The van der Waals surface area contributed by atoms with Crippen LogP contribution in [-0.2, 0) is 16.0 Å². The number of nitrogens with one attached hydrogen (secondary N) is 2. The maximum Gasteiger partial charge on any atom is 0.228 e. The van der Waals surface area contributed by atoms with E-state index in [1.165, 1.54) is 0 Å². The van der Waals surface area contributed by atoms with Crippen molar-refractivity contribution >= 4 is 58.0 Å². The Morgan fingerprint density at radius 1 is 1.27 bits per heavy atom. The van der Waals surface area contributed by atoms with E-state index >= 15 is 0 Å². The number of thiocarbonyl (C=S) groups is 1. The summed E-state index contributed by atoms with van der Waals surface area (Å²) < 4.78 is 8.61. The van der Waals surface area contributed by atoms with E-state index in [1.54, 1.807) is 31.4 Å². The predicted molar refractivity (Wildman–Crippen MR) is 107 cm³/mol. The lowest BCUT2D eigenvalue weighted by Crippen LogP contribution is -2.59. The van der Waals surface area contributed by atoms with Gasteiger partial charge < -0.3 is 25.0 Å². The average Bonchev–Trinajstić information content (AvgIpc) is 2.61. The van der Waals surface area contributed by atoms with Crippen molar-refractivity contribution in [2.24, 2.45) is 0 Å². The SMILES string of the molecule is COc1ccc(CC(=O)NC(NC(=S)N2CCOCC2)C(Cl)(Cl)Cl)cc1. The molecule has 1 aromatic rings. The summed E-state index contributed by atoms with van der Waals surface area (Å²) >= 11 is 23.4. The van der Waals surface area contributed by atoms with Crippen LogP contribution in [0.1, 0.15) is 5.56 Å². The quantitative estimate of drug-likeness (QED) is 0.416. The van der Waals surface area contributed by atoms with E-state index in [-0.39, 0.29) is 12.3 Å². The van der Waals surface area contributed by atoms with Crippen LogP contribution in [0.25, 0.3) is 0 Å². The fourth-order valence-corrected chi connectivity index (χ4v) is 2.95. The van der Waals surface area contributed by atoms with Crippen LogP contribution in [0.5, 0.6) is 5.75 Å². The van der Waals surface area contributed by atoms with Crippen LogP contribution in [0.2, 0.25) is 0 Å². The molecule has 2 N–H and O–H groups in total. The summed E-state index contributed by atoms with van der Waals surface area (Å²) in [4.78, 5) is 14.2. The highest BCUT2D eigenvalue weighted by atomic mass is 35.6. The van der Waals surface area contributed by atoms with Crippen molar-refractivity contribution in [3.8, 4) is 5.75 Å². The first-order chi connectivity index (χ1) is 12.3. The minimum atomic E-state index is -1.77. The van der Waals surface area contributed by atoms with Crippen molar-refractivity contribution in [1.82, 2.24) is 15.5 Å². The van der Waals surface area contributed by atoms with Crippen molar-refractivity contribution in [1.29, 1.82) is 0 Å². The Morgan fingerprint density at radius 3 is 2.42 bits per heavy atom. The molecule has 0 saturated carbocycles. The first-order valence-corrected chi connectivity index (χ1v) is 9.46. The number of hydrogen-bond acceptors (Lipinski definition) is 4. The Balaban J connectivity index is 1.95. The minimum Gasteiger partial charge on any atom is -0.497 e. The van der Waals surface area contributed by atoms with Crippen LogP contribution >= 0.6 is 47.0 Å². The Bertz CT molecular complexity index is 619. The molecular formula is C16H20Cl3N3O3S. The molecule has 6 nitrogen and oxygen atoms in total. The average molecular weight is 441 g/mol. The summed E-state index contributed by atoms with van der Waals surface area (Å²) in [5.41, 5.74) is 0.808. The Kier molecular flexibility index (Phi) is 8.04. The van der Waals surface area contributed by atoms with E-state index in [2.05, 4.69) is 10.6 Å². The van der Waals surface area contributed by atoms with E-state index in [1.807, 2.05) is 4.90 Å². The van der Waals surface area contributed by atoms with Gasteiger partial charge in [0.25, 0.3) is 0 Å². The van der Waals surface area contributed by atoms with Crippen LogP contribution in [0.3, 0.4) is 0 Å². The van der Waals surface area contributed by atoms with Crippen LogP contribution < -0.4 is 15.4 Å². The molecule has 0 radical (unpaired) electrons. The zero-order chi connectivity index (χ0) is 19.2. The predicted octanol–water partition coefficient (Wildman–Crippen LogP) is 2.26. The molecule has 2 rings (SSSR count). The molecule has 1 saturated heterocycles. The van der Waals surface area contributed by atoms with E-state index in [0.717, 1.165) is 5.56 Å². The number of hydrogen-bond donors (Lipinski definition) is 2. The maximum absolute atomic E-state index is 12.3. The van der Waals surface area contributed by atoms with E-state index in [4.69, 9.17) is 56.5 Å². The Hall–Kier alpha value is -0.990. The number of halogens is 3. The molecule has 1 heterocycles. The highest BCUT2D eigenvalue weighted by molar-refractivity contribution is 7.80. The van der Waals surface area contributed by atoms with Gasteiger partial charge in [-0.25, -0.2) is 0 Å². The number of carbonyl (C=O) groups is 1. The summed E-state index contributed by atoms with van der Waals surface area (Å²) in [5.74, 6) is 0.412. The molecule has 1 aromatic carbocycles. The molecule has 1 amide bonds. The van der Waals surface area contributed by atoms with Gasteiger partial charge in [0.05, 0.1) is 26.7 Å². The molecular weight excluding hydrogens is 421 g/mol. The summed E-state index contributed by atoms with van der Waals surface area (Å²) in [7, 11) is 1.58. The second kappa shape index (κ2) is 9.80. The molecule has 0 spiro atoms. The number of rotatable bonds is 5. The van der Waals surface area contributed by atoms with E-state index < -0.39 is 9.96 Å². The zero-order valence-corrected chi connectivity index (χ0v) is 17.2. The number of carbonyl (C=O) groups excluding carboxylic acids is 1. The standard InChI is InChI=1S/C16H20Cl3N3O3S/c1-24-12-4-2-11(3-5-12)10-13(23)20-14(16(17,18)19)21-15(26)22-6-8-25-9-7-22/h2-5,14H,6-10H2,1H3,(H,20,23)(H,21,26). The third-order valence-electron chi connectivity index (χ3n) is 3.72. The van der Waals surface area contributed by atoms with Gasteiger partial charge in [-0.1, -0.05) is 46.9 Å². The molecule has 1 aliphatic rings. The van der Waals surface area contributed by atoms with Crippen molar-refractivity contribution < 1.29 is 14.3 Å². The van der Waals surface area contributed by atoms with Crippen LogP contribution in [0, 0.1) is 0 Å². The summed E-state index contributed by atoms with van der Waals surface area (Å²) in [6, 6.07) is 7.16. The fraction of sp³-hybridized carbons (Fsp3) is 0.500. The van der Waals surface area contributed by atoms with Crippen molar-refractivity contribution in [3.63, 3.8) is 0 Å². The van der Waals surface area contributed by atoms with Crippen LogP contribution in [0.15, 0.2) is 24.3 Å². The highest BCUT2D eigenvalue weighted by Gasteiger charge is 2.35. The van der Waals surface area contributed by atoms with Crippen molar-refractivity contribution in [2.45, 2.75) is 16.4 Å². The molecule has 1 aliphatic heterocycles. The second-order valence-electron chi connectivity index (χ2n) is 5.62.